The Bertz CT molecular complexity index is 609. The van der Waals surface area contributed by atoms with Gasteiger partial charge in [-0.1, -0.05) is 49.8 Å². The van der Waals surface area contributed by atoms with E-state index in [1.807, 2.05) is 0 Å². The van der Waals surface area contributed by atoms with E-state index >= 15 is 0 Å². The maximum atomic E-state index is 9.22. The first kappa shape index (κ1) is 17.5. The van der Waals surface area contributed by atoms with Crippen LogP contribution in [0, 0.1) is 28.6 Å². The third-order valence-electron chi connectivity index (χ3n) is 7.60. The molecule has 0 aromatic heterocycles. The molecule has 25 heavy (non-hydrogen) atoms. The van der Waals surface area contributed by atoms with E-state index in [0.717, 1.165) is 19.3 Å². The minimum Gasteiger partial charge on any atom is -0.371 e. The molecule has 0 aromatic carbocycles. The first-order valence-electron chi connectivity index (χ1n) is 9.55. The lowest BCUT2D eigenvalue weighted by molar-refractivity contribution is -0.113. The van der Waals surface area contributed by atoms with Crippen molar-refractivity contribution in [1.29, 1.82) is 0 Å². The second kappa shape index (κ2) is 6.34. The van der Waals surface area contributed by atoms with Crippen LogP contribution in [0.15, 0.2) is 36.0 Å². The third kappa shape index (κ3) is 2.57. The van der Waals surface area contributed by atoms with Crippen LogP contribution in [-0.4, -0.2) is 36.0 Å². The van der Waals surface area contributed by atoms with Crippen LogP contribution in [0.3, 0.4) is 0 Å². The van der Waals surface area contributed by atoms with Gasteiger partial charge in [0.05, 0.1) is 12.2 Å². The summed E-state index contributed by atoms with van der Waals surface area (Å²) in [5, 5.41) is 18.3. The molecule has 0 saturated heterocycles. The molecule has 0 heterocycles. The van der Waals surface area contributed by atoms with Gasteiger partial charge in [0.25, 0.3) is 0 Å². The second-order valence-electron chi connectivity index (χ2n) is 8.59. The first-order valence-corrected chi connectivity index (χ1v) is 9.55. The highest BCUT2D eigenvalue weighted by Gasteiger charge is 2.56. The van der Waals surface area contributed by atoms with Crippen LogP contribution >= 0.6 is 0 Å². The summed E-state index contributed by atoms with van der Waals surface area (Å²) in [5.41, 5.74) is 1.68. The van der Waals surface area contributed by atoms with E-state index in [0.29, 0.717) is 17.8 Å². The summed E-state index contributed by atoms with van der Waals surface area (Å²) >= 11 is 0. The van der Waals surface area contributed by atoms with Crippen molar-refractivity contribution in [3.05, 3.63) is 36.0 Å². The van der Waals surface area contributed by atoms with Crippen LogP contribution in [0.4, 0.5) is 0 Å². The molecule has 0 aromatic rings. The number of fused-ring (bicyclic) bond motifs is 5. The smallest absolute Gasteiger partial charge is 0.144 e. The minimum atomic E-state index is -0.220. The summed E-state index contributed by atoms with van der Waals surface area (Å²) in [6.07, 6.45) is 15.8. The minimum absolute atomic E-state index is 0.00319. The fourth-order valence-corrected chi connectivity index (χ4v) is 6.18. The van der Waals surface area contributed by atoms with E-state index < -0.39 is 0 Å². The standard InChI is InChI=1S/C21H30O4/c1-20-9-7-15(24-12-22)11-14(20)3-4-16-17-5-6-19(25-13-23)21(17,2)10-8-18(16)20/h3,5-7,9,15-19,22-23H,4,8,10-13H2,1-2H3/t15?,16-,17-,18+,19?,20-,21-/m0/s1. The molecule has 0 radical (unpaired) electrons. The lowest BCUT2D eigenvalue weighted by Gasteiger charge is -2.56. The zero-order valence-electron chi connectivity index (χ0n) is 15.2. The van der Waals surface area contributed by atoms with Gasteiger partial charge < -0.3 is 19.7 Å². The molecule has 2 N–H and O–H groups in total. The van der Waals surface area contributed by atoms with Gasteiger partial charge in [0.2, 0.25) is 0 Å². The van der Waals surface area contributed by atoms with Gasteiger partial charge in [0, 0.05) is 10.8 Å². The Labute approximate surface area is 150 Å². The summed E-state index contributed by atoms with van der Waals surface area (Å²) in [5.74, 6) is 1.77. The molecular weight excluding hydrogens is 316 g/mol. The largest absolute Gasteiger partial charge is 0.371 e. The zero-order chi connectivity index (χ0) is 17.7. The molecule has 0 bridgehead atoms. The summed E-state index contributed by atoms with van der Waals surface area (Å²) in [6.45, 7) is 4.28. The Morgan fingerprint density at radius 2 is 1.92 bits per heavy atom. The monoisotopic (exact) mass is 346 g/mol. The predicted octanol–water partition coefficient (Wildman–Crippen LogP) is 3.17. The summed E-state index contributed by atoms with van der Waals surface area (Å²) in [6, 6.07) is 0. The van der Waals surface area contributed by atoms with Crippen LogP contribution in [0.2, 0.25) is 0 Å². The van der Waals surface area contributed by atoms with Crippen LogP contribution in [0.1, 0.15) is 39.5 Å². The average Bonchev–Trinajstić information content (AvgIpc) is 2.93. The fraction of sp³-hybridized carbons (Fsp3) is 0.714. The Morgan fingerprint density at radius 1 is 1.12 bits per heavy atom. The Kier molecular flexibility index (Phi) is 4.43. The number of ether oxygens (including phenoxy) is 2. The molecule has 4 nitrogen and oxygen atoms in total. The van der Waals surface area contributed by atoms with Crippen molar-refractivity contribution in [1.82, 2.24) is 0 Å². The topological polar surface area (TPSA) is 58.9 Å². The van der Waals surface area contributed by atoms with Crippen molar-refractivity contribution in [2.75, 3.05) is 13.6 Å². The average molecular weight is 346 g/mol. The molecule has 2 unspecified atom stereocenters. The van der Waals surface area contributed by atoms with Gasteiger partial charge in [-0.2, -0.15) is 0 Å². The van der Waals surface area contributed by atoms with Crippen LogP contribution in [-0.2, 0) is 9.47 Å². The van der Waals surface area contributed by atoms with Gasteiger partial charge in [0.1, 0.15) is 13.6 Å². The summed E-state index contributed by atoms with van der Waals surface area (Å²) in [4.78, 5) is 0. The van der Waals surface area contributed by atoms with E-state index in [1.54, 1.807) is 0 Å². The van der Waals surface area contributed by atoms with Crippen LogP contribution in [0.25, 0.3) is 0 Å². The molecule has 0 spiro atoms. The molecule has 0 aliphatic heterocycles. The van der Waals surface area contributed by atoms with E-state index in [1.165, 1.54) is 12.0 Å². The van der Waals surface area contributed by atoms with Gasteiger partial charge in [-0.25, -0.2) is 0 Å². The van der Waals surface area contributed by atoms with Gasteiger partial charge in [0.15, 0.2) is 0 Å². The number of rotatable bonds is 4. The first-order chi connectivity index (χ1) is 12.0. The highest BCUT2D eigenvalue weighted by atomic mass is 16.6. The van der Waals surface area contributed by atoms with E-state index in [2.05, 4.69) is 44.2 Å². The van der Waals surface area contributed by atoms with Crippen molar-refractivity contribution in [3.63, 3.8) is 0 Å². The molecule has 4 aliphatic rings. The molecule has 1 fully saturated rings. The Morgan fingerprint density at radius 3 is 2.68 bits per heavy atom. The van der Waals surface area contributed by atoms with Crippen molar-refractivity contribution in [2.45, 2.75) is 51.7 Å². The van der Waals surface area contributed by atoms with E-state index in [9.17, 15) is 5.11 Å². The fourth-order valence-electron chi connectivity index (χ4n) is 6.18. The SMILES string of the molecule is C[C@]12C=CC(OCO)CC1=CC[C@@H]1[C@H]2CC[C@]2(C)C(OCO)C=C[C@@H]12. The van der Waals surface area contributed by atoms with Gasteiger partial charge >= 0.3 is 0 Å². The number of allylic oxidation sites excluding steroid dienone is 3. The maximum absolute atomic E-state index is 9.22. The number of hydrogen-bond donors (Lipinski definition) is 2. The van der Waals surface area contributed by atoms with Gasteiger partial charge in [-0.05, 0) is 43.4 Å². The van der Waals surface area contributed by atoms with Crippen molar-refractivity contribution < 1.29 is 19.7 Å². The Hall–Kier alpha value is -0.940. The molecule has 0 amide bonds. The normalized spacial score (nSPS) is 47.8. The molecule has 4 heteroatoms. The lowest BCUT2D eigenvalue weighted by Crippen LogP contribution is -2.50. The van der Waals surface area contributed by atoms with Crippen molar-refractivity contribution in [2.24, 2.45) is 28.6 Å². The Balaban J connectivity index is 1.61. The van der Waals surface area contributed by atoms with E-state index in [4.69, 9.17) is 14.6 Å². The van der Waals surface area contributed by atoms with Crippen LogP contribution in [0.5, 0.6) is 0 Å². The summed E-state index contributed by atoms with van der Waals surface area (Å²) in [7, 11) is 0. The molecule has 138 valence electrons. The zero-order valence-corrected chi connectivity index (χ0v) is 15.2. The molecule has 1 saturated carbocycles. The second-order valence-corrected chi connectivity index (χ2v) is 8.59. The quantitative estimate of drug-likeness (QED) is 0.606. The molecular formula is C21H30O4. The lowest BCUT2D eigenvalue weighted by atomic mass is 9.49. The summed E-state index contributed by atoms with van der Waals surface area (Å²) < 4.78 is 11.0. The maximum Gasteiger partial charge on any atom is 0.144 e. The van der Waals surface area contributed by atoms with Gasteiger partial charge in [-0.15, -0.1) is 0 Å². The highest BCUT2D eigenvalue weighted by molar-refractivity contribution is 5.34. The predicted molar refractivity (Wildman–Crippen MR) is 95.4 cm³/mol. The molecule has 4 aliphatic carbocycles. The number of aliphatic hydroxyl groups is 2. The van der Waals surface area contributed by atoms with E-state index in [-0.39, 0.29) is 36.6 Å². The number of aliphatic hydroxyl groups excluding tert-OH is 2. The van der Waals surface area contributed by atoms with Crippen LogP contribution < -0.4 is 0 Å². The molecule has 4 rings (SSSR count). The molecule has 7 atom stereocenters. The van der Waals surface area contributed by atoms with Crippen molar-refractivity contribution in [3.8, 4) is 0 Å². The highest BCUT2D eigenvalue weighted by Crippen LogP contribution is 2.62. The third-order valence-corrected chi connectivity index (χ3v) is 7.60. The van der Waals surface area contributed by atoms with Gasteiger partial charge in [-0.3, -0.25) is 0 Å². The number of hydrogen-bond acceptors (Lipinski definition) is 4. The van der Waals surface area contributed by atoms with Crippen molar-refractivity contribution >= 4 is 0 Å².